The van der Waals surface area contributed by atoms with Gasteiger partial charge in [-0.2, -0.15) is 5.26 Å². The van der Waals surface area contributed by atoms with Crippen LogP contribution in [0.25, 0.3) is 0 Å². The van der Waals surface area contributed by atoms with E-state index in [2.05, 4.69) is 6.07 Å². The van der Waals surface area contributed by atoms with Crippen molar-refractivity contribution in [1.29, 1.82) is 5.26 Å². The molecule has 0 radical (unpaired) electrons. The molecule has 18 heavy (non-hydrogen) atoms. The lowest BCUT2D eigenvalue weighted by molar-refractivity contribution is -0.130. The normalized spacial score (nSPS) is 25.9. The first-order valence-corrected chi connectivity index (χ1v) is 5.97. The Hall–Kier alpha value is -2.02. The van der Waals surface area contributed by atoms with Gasteiger partial charge in [-0.15, -0.1) is 0 Å². The van der Waals surface area contributed by atoms with Crippen LogP contribution in [0.2, 0.25) is 0 Å². The Morgan fingerprint density at radius 2 is 2.22 bits per heavy atom. The Balaban J connectivity index is 2.22. The van der Waals surface area contributed by atoms with Crippen LogP contribution in [0.1, 0.15) is 19.8 Å². The molecule has 1 aliphatic carbocycles. The number of nitriles is 1. The smallest absolute Gasteiger partial charge is 0.247 e. The van der Waals surface area contributed by atoms with Gasteiger partial charge in [-0.05, 0) is 30.9 Å². The van der Waals surface area contributed by atoms with Crippen molar-refractivity contribution in [3.63, 3.8) is 0 Å². The van der Waals surface area contributed by atoms with Gasteiger partial charge in [0.2, 0.25) is 5.91 Å². The van der Waals surface area contributed by atoms with E-state index in [0.29, 0.717) is 24.4 Å². The molecule has 0 atom stereocenters. The molecule has 1 aliphatic rings. The van der Waals surface area contributed by atoms with Gasteiger partial charge < -0.3 is 10.0 Å². The Bertz CT molecular complexity index is 513. The van der Waals surface area contributed by atoms with Crippen molar-refractivity contribution in [3.8, 4) is 11.8 Å². The van der Waals surface area contributed by atoms with Crippen molar-refractivity contribution in [2.75, 3.05) is 11.9 Å². The Labute approximate surface area is 106 Å². The summed E-state index contributed by atoms with van der Waals surface area (Å²) >= 11 is 0. The first kappa shape index (κ1) is 12.4. The van der Waals surface area contributed by atoms with Crippen LogP contribution in [0.3, 0.4) is 0 Å². The molecule has 1 fully saturated rings. The molecule has 1 N–H and O–H groups in total. The highest BCUT2D eigenvalue weighted by Crippen LogP contribution is 2.46. The van der Waals surface area contributed by atoms with Gasteiger partial charge in [-0.25, -0.2) is 0 Å². The van der Waals surface area contributed by atoms with E-state index >= 15 is 0 Å². The highest BCUT2D eigenvalue weighted by atomic mass is 16.3. The minimum atomic E-state index is -0.875. The maximum atomic E-state index is 12.4. The van der Waals surface area contributed by atoms with Crippen LogP contribution in [0.15, 0.2) is 24.3 Å². The SMILES string of the molecule is CC1CC(C#N)(C(=O)N(C)c2cccc(O)c2)C1. The Morgan fingerprint density at radius 3 is 2.72 bits per heavy atom. The number of aromatic hydroxyl groups is 1. The number of benzene rings is 1. The number of rotatable bonds is 2. The molecule has 0 heterocycles. The summed E-state index contributed by atoms with van der Waals surface area (Å²) in [4.78, 5) is 13.8. The standard InChI is InChI=1S/C14H16N2O2/c1-10-7-14(8-10,9-15)13(18)16(2)11-4-3-5-12(17)6-11/h3-6,10,17H,7-8H2,1-2H3. The molecule has 0 aromatic heterocycles. The van der Waals surface area contributed by atoms with E-state index in [4.69, 9.17) is 0 Å². The van der Waals surface area contributed by atoms with E-state index in [9.17, 15) is 15.2 Å². The first-order chi connectivity index (χ1) is 8.48. The van der Waals surface area contributed by atoms with Crippen LogP contribution in [0, 0.1) is 22.7 Å². The lowest BCUT2D eigenvalue weighted by Gasteiger charge is -2.41. The van der Waals surface area contributed by atoms with Gasteiger partial charge in [0.15, 0.2) is 0 Å². The van der Waals surface area contributed by atoms with Gasteiger partial charge in [-0.1, -0.05) is 13.0 Å². The number of phenolic OH excluding ortho intramolecular Hbond substituents is 1. The summed E-state index contributed by atoms with van der Waals surface area (Å²) in [5.74, 6) is 0.347. The molecular formula is C14H16N2O2. The molecule has 0 aliphatic heterocycles. The minimum Gasteiger partial charge on any atom is -0.508 e. The fourth-order valence-electron chi connectivity index (χ4n) is 2.58. The topological polar surface area (TPSA) is 64.3 Å². The zero-order valence-electron chi connectivity index (χ0n) is 10.6. The van der Waals surface area contributed by atoms with Crippen LogP contribution in [-0.4, -0.2) is 18.1 Å². The predicted molar refractivity (Wildman–Crippen MR) is 68.0 cm³/mol. The van der Waals surface area contributed by atoms with Crippen LogP contribution in [0.4, 0.5) is 5.69 Å². The van der Waals surface area contributed by atoms with E-state index in [1.807, 2.05) is 6.92 Å². The monoisotopic (exact) mass is 244 g/mol. The molecule has 0 saturated heterocycles. The van der Waals surface area contributed by atoms with Crippen LogP contribution >= 0.6 is 0 Å². The molecule has 1 saturated carbocycles. The summed E-state index contributed by atoms with van der Waals surface area (Å²) < 4.78 is 0. The molecule has 0 spiro atoms. The number of hydrogen-bond donors (Lipinski definition) is 1. The zero-order chi connectivity index (χ0) is 13.3. The molecule has 1 aromatic carbocycles. The van der Waals surface area contributed by atoms with Gasteiger partial charge in [0, 0.05) is 18.8 Å². The lowest BCUT2D eigenvalue weighted by atomic mass is 9.63. The number of nitrogens with zero attached hydrogens (tertiary/aromatic N) is 2. The summed E-state index contributed by atoms with van der Waals surface area (Å²) in [6.07, 6.45) is 1.23. The third-order valence-corrected chi connectivity index (χ3v) is 3.54. The second kappa shape index (κ2) is 4.34. The predicted octanol–water partition coefficient (Wildman–Crippen LogP) is 2.29. The van der Waals surface area contributed by atoms with Gasteiger partial charge in [0.1, 0.15) is 11.2 Å². The van der Waals surface area contributed by atoms with Crippen molar-refractivity contribution < 1.29 is 9.90 Å². The number of amides is 1. The molecule has 1 aromatic rings. The average molecular weight is 244 g/mol. The quantitative estimate of drug-likeness (QED) is 0.868. The highest BCUT2D eigenvalue weighted by Gasteiger charge is 2.50. The van der Waals surface area contributed by atoms with Crippen molar-refractivity contribution >= 4 is 11.6 Å². The minimum absolute atomic E-state index is 0.111. The first-order valence-electron chi connectivity index (χ1n) is 5.97. The molecular weight excluding hydrogens is 228 g/mol. The molecule has 0 unspecified atom stereocenters. The highest BCUT2D eigenvalue weighted by molar-refractivity contribution is 5.99. The van der Waals surface area contributed by atoms with Gasteiger partial charge in [0.25, 0.3) is 0 Å². The van der Waals surface area contributed by atoms with Crippen molar-refractivity contribution in [2.24, 2.45) is 11.3 Å². The molecule has 0 bridgehead atoms. The Morgan fingerprint density at radius 1 is 1.56 bits per heavy atom. The summed E-state index contributed by atoms with van der Waals surface area (Å²) in [7, 11) is 1.64. The molecule has 2 rings (SSSR count). The molecule has 94 valence electrons. The fraction of sp³-hybridized carbons (Fsp3) is 0.429. The number of hydrogen-bond acceptors (Lipinski definition) is 3. The van der Waals surface area contributed by atoms with Crippen LogP contribution in [0.5, 0.6) is 5.75 Å². The van der Waals surface area contributed by atoms with Gasteiger partial charge in [-0.3, -0.25) is 4.79 Å². The summed E-state index contributed by atoms with van der Waals surface area (Å²) in [6, 6.07) is 8.64. The van der Waals surface area contributed by atoms with Crippen LogP contribution < -0.4 is 4.90 Å². The van der Waals surface area contributed by atoms with E-state index in [1.54, 1.807) is 25.2 Å². The van der Waals surface area contributed by atoms with Crippen molar-refractivity contribution in [1.82, 2.24) is 0 Å². The van der Waals surface area contributed by atoms with Crippen molar-refractivity contribution in [2.45, 2.75) is 19.8 Å². The fourth-order valence-corrected chi connectivity index (χ4v) is 2.58. The molecule has 4 nitrogen and oxygen atoms in total. The van der Waals surface area contributed by atoms with Crippen LogP contribution in [-0.2, 0) is 4.79 Å². The Kier molecular flexibility index (Phi) is 3.00. The third-order valence-electron chi connectivity index (χ3n) is 3.54. The second-order valence-electron chi connectivity index (χ2n) is 5.09. The van der Waals surface area contributed by atoms with E-state index in [-0.39, 0.29) is 11.7 Å². The summed E-state index contributed by atoms with van der Waals surface area (Å²) in [5.41, 5.74) is -0.270. The van der Waals surface area contributed by atoms with E-state index in [1.165, 1.54) is 11.0 Å². The number of anilines is 1. The number of carbonyl (C=O) groups is 1. The number of phenols is 1. The summed E-state index contributed by atoms with van der Waals surface area (Å²) in [5, 5.41) is 18.6. The van der Waals surface area contributed by atoms with Crippen molar-refractivity contribution in [3.05, 3.63) is 24.3 Å². The van der Waals surface area contributed by atoms with Gasteiger partial charge in [0.05, 0.1) is 6.07 Å². The lowest BCUT2D eigenvalue weighted by Crippen LogP contribution is -2.48. The van der Waals surface area contributed by atoms with E-state index < -0.39 is 5.41 Å². The second-order valence-corrected chi connectivity index (χ2v) is 5.09. The van der Waals surface area contributed by atoms with E-state index in [0.717, 1.165) is 0 Å². The number of carbonyl (C=O) groups excluding carboxylic acids is 1. The molecule has 4 heteroatoms. The summed E-state index contributed by atoms with van der Waals surface area (Å²) in [6.45, 7) is 2.04. The zero-order valence-corrected chi connectivity index (χ0v) is 10.6. The average Bonchev–Trinajstić information content (AvgIpc) is 2.33. The third kappa shape index (κ3) is 1.92. The van der Waals surface area contributed by atoms with Gasteiger partial charge >= 0.3 is 0 Å². The largest absolute Gasteiger partial charge is 0.508 e. The maximum absolute atomic E-state index is 12.4. The maximum Gasteiger partial charge on any atom is 0.247 e. The molecule has 1 amide bonds.